The first-order valence-electron chi connectivity index (χ1n) is 5.89. The topological polar surface area (TPSA) is 41.5 Å². The van der Waals surface area contributed by atoms with E-state index < -0.39 is 0 Å². The fourth-order valence-corrected chi connectivity index (χ4v) is 2.61. The monoisotopic (exact) mass is 365 g/mol. The quantitative estimate of drug-likeness (QED) is 0.533. The number of phenolic OH excluding ortho intramolecular Hbond substituents is 1. The van der Waals surface area contributed by atoms with Gasteiger partial charge in [-0.15, -0.1) is 0 Å². The lowest BCUT2D eigenvalue weighted by molar-refractivity contribution is 0.346. The van der Waals surface area contributed by atoms with Crippen LogP contribution in [0.1, 0.15) is 5.56 Å². The third-order valence-electron chi connectivity index (χ3n) is 2.76. The van der Waals surface area contributed by atoms with Crippen LogP contribution in [0.25, 0.3) is 0 Å². The van der Waals surface area contributed by atoms with Crippen LogP contribution >= 0.6 is 46.4 Å². The molecule has 0 amide bonds. The van der Waals surface area contributed by atoms with Gasteiger partial charge in [-0.25, -0.2) is 0 Å². The van der Waals surface area contributed by atoms with Crippen molar-refractivity contribution in [3.05, 3.63) is 49.9 Å². The highest BCUT2D eigenvalue weighted by Gasteiger charge is 2.12. The smallest absolute Gasteiger partial charge is 0.159 e. The van der Waals surface area contributed by atoms with Crippen LogP contribution in [0.3, 0.4) is 0 Å². The van der Waals surface area contributed by atoms with Gasteiger partial charge in [-0.1, -0.05) is 46.4 Å². The Balaban J connectivity index is 2.07. The Labute approximate surface area is 142 Å². The van der Waals surface area contributed by atoms with Crippen LogP contribution in [0, 0.1) is 6.92 Å². The number of benzene rings is 2. The molecule has 3 nitrogen and oxygen atoms in total. The zero-order valence-electron chi connectivity index (χ0n) is 10.9. The Morgan fingerprint density at radius 3 is 2.29 bits per heavy atom. The molecular weight excluding hydrogens is 356 g/mol. The van der Waals surface area contributed by atoms with Gasteiger partial charge in [-0.2, -0.15) is 0 Å². The average molecular weight is 367 g/mol. The normalized spacial score (nSPS) is 10.5. The predicted molar refractivity (Wildman–Crippen MR) is 88.4 cm³/mol. The van der Waals surface area contributed by atoms with Gasteiger partial charge in [-0.3, -0.25) is 0 Å². The van der Waals surface area contributed by atoms with E-state index in [1.807, 2.05) is 0 Å². The van der Waals surface area contributed by atoms with Gasteiger partial charge in [0.05, 0.1) is 10.7 Å². The van der Waals surface area contributed by atoms with Crippen molar-refractivity contribution in [1.29, 1.82) is 0 Å². The SMILES string of the molecule is Cc1c(Cl)cc(NCOc2cc(Cl)cc(Cl)c2)c(O)c1Cl. The van der Waals surface area contributed by atoms with Crippen LogP contribution in [0.15, 0.2) is 24.3 Å². The molecule has 0 saturated heterocycles. The molecular formula is C14H11Cl4NO2. The first-order valence-corrected chi connectivity index (χ1v) is 7.40. The van der Waals surface area contributed by atoms with E-state index in [9.17, 15) is 5.11 Å². The number of halogens is 4. The van der Waals surface area contributed by atoms with E-state index in [0.29, 0.717) is 32.1 Å². The second kappa shape index (κ2) is 6.84. The van der Waals surface area contributed by atoms with E-state index in [2.05, 4.69) is 5.32 Å². The molecule has 0 heterocycles. The summed E-state index contributed by atoms with van der Waals surface area (Å²) in [4.78, 5) is 0. The maximum Gasteiger partial charge on any atom is 0.159 e. The number of nitrogens with one attached hydrogen (secondary N) is 1. The van der Waals surface area contributed by atoms with Gasteiger partial charge in [0.25, 0.3) is 0 Å². The number of hydrogen-bond donors (Lipinski definition) is 2. The molecule has 2 rings (SSSR count). The second-order valence-electron chi connectivity index (χ2n) is 4.26. The molecule has 0 aromatic heterocycles. The fourth-order valence-electron chi connectivity index (χ4n) is 1.65. The molecule has 2 aromatic carbocycles. The van der Waals surface area contributed by atoms with Crippen molar-refractivity contribution in [3.63, 3.8) is 0 Å². The second-order valence-corrected chi connectivity index (χ2v) is 5.92. The van der Waals surface area contributed by atoms with Crippen LogP contribution < -0.4 is 10.1 Å². The third-order valence-corrected chi connectivity index (χ3v) is 4.05. The molecule has 0 aliphatic heterocycles. The van der Waals surface area contributed by atoms with Crippen molar-refractivity contribution in [2.75, 3.05) is 12.0 Å². The lowest BCUT2D eigenvalue weighted by Gasteiger charge is -2.13. The van der Waals surface area contributed by atoms with Crippen LogP contribution in [0.2, 0.25) is 20.1 Å². The van der Waals surface area contributed by atoms with Gasteiger partial charge in [-0.05, 0) is 36.8 Å². The van der Waals surface area contributed by atoms with Crippen LogP contribution in [0.5, 0.6) is 11.5 Å². The third kappa shape index (κ3) is 4.01. The van der Waals surface area contributed by atoms with E-state index in [1.54, 1.807) is 31.2 Å². The standard InChI is InChI=1S/C14H11Cl4NO2/c1-7-11(17)5-12(14(20)13(7)18)19-6-21-10-3-8(15)2-9(16)4-10/h2-5,19-20H,6H2,1H3. The summed E-state index contributed by atoms with van der Waals surface area (Å²) >= 11 is 23.7. The van der Waals surface area contributed by atoms with Crippen molar-refractivity contribution < 1.29 is 9.84 Å². The van der Waals surface area contributed by atoms with Crippen LogP contribution in [0.4, 0.5) is 5.69 Å². The summed E-state index contributed by atoms with van der Waals surface area (Å²) in [5.41, 5.74) is 0.993. The predicted octanol–water partition coefficient (Wildman–Crippen LogP) is 5.76. The minimum Gasteiger partial charge on any atom is -0.504 e. The molecule has 21 heavy (non-hydrogen) atoms. The fraction of sp³-hybridized carbons (Fsp3) is 0.143. The molecule has 0 fully saturated rings. The molecule has 0 bridgehead atoms. The summed E-state index contributed by atoms with van der Waals surface area (Å²) in [5, 5.41) is 14.4. The molecule has 0 radical (unpaired) electrons. The minimum absolute atomic E-state index is 0.0775. The van der Waals surface area contributed by atoms with E-state index >= 15 is 0 Å². The first-order chi connectivity index (χ1) is 9.88. The molecule has 2 N–H and O–H groups in total. The summed E-state index contributed by atoms with van der Waals surface area (Å²) in [6, 6.07) is 6.44. The summed E-state index contributed by atoms with van der Waals surface area (Å²) < 4.78 is 5.46. The summed E-state index contributed by atoms with van der Waals surface area (Å²) in [6.07, 6.45) is 0. The van der Waals surface area contributed by atoms with Gasteiger partial charge in [0, 0.05) is 15.1 Å². The Bertz CT molecular complexity index is 656. The molecule has 7 heteroatoms. The summed E-state index contributed by atoms with van der Waals surface area (Å²) in [5.74, 6) is 0.426. The van der Waals surface area contributed by atoms with Crippen molar-refractivity contribution in [3.8, 4) is 11.5 Å². The molecule has 0 aliphatic rings. The van der Waals surface area contributed by atoms with Crippen LogP contribution in [-0.4, -0.2) is 11.8 Å². The Morgan fingerprint density at radius 2 is 1.67 bits per heavy atom. The molecule has 0 unspecified atom stereocenters. The van der Waals surface area contributed by atoms with E-state index in [-0.39, 0.29) is 17.5 Å². The molecule has 0 spiro atoms. The van der Waals surface area contributed by atoms with Gasteiger partial charge >= 0.3 is 0 Å². The van der Waals surface area contributed by atoms with E-state index in [4.69, 9.17) is 51.1 Å². The highest BCUT2D eigenvalue weighted by atomic mass is 35.5. The largest absolute Gasteiger partial charge is 0.504 e. The minimum atomic E-state index is -0.0775. The molecule has 0 saturated carbocycles. The zero-order valence-corrected chi connectivity index (χ0v) is 13.9. The lowest BCUT2D eigenvalue weighted by Crippen LogP contribution is -2.09. The molecule has 112 valence electrons. The lowest BCUT2D eigenvalue weighted by atomic mass is 10.2. The van der Waals surface area contributed by atoms with Crippen LogP contribution in [-0.2, 0) is 0 Å². The van der Waals surface area contributed by atoms with Crippen molar-refractivity contribution in [2.45, 2.75) is 6.92 Å². The highest BCUT2D eigenvalue weighted by Crippen LogP contribution is 2.38. The van der Waals surface area contributed by atoms with Gasteiger partial charge in [0.1, 0.15) is 5.75 Å². The van der Waals surface area contributed by atoms with Gasteiger partial charge < -0.3 is 15.2 Å². The zero-order chi connectivity index (χ0) is 15.6. The Morgan fingerprint density at radius 1 is 1.05 bits per heavy atom. The average Bonchev–Trinajstić information content (AvgIpc) is 2.41. The number of hydrogen-bond acceptors (Lipinski definition) is 3. The number of rotatable bonds is 4. The number of anilines is 1. The van der Waals surface area contributed by atoms with E-state index in [0.717, 1.165) is 0 Å². The molecule has 0 aliphatic carbocycles. The number of ether oxygens (including phenoxy) is 1. The first kappa shape index (κ1) is 16.4. The maximum absolute atomic E-state index is 9.94. The van der Waals surface area contributed by atoms with Crippen molar-refractivity contribution >= 4 is 52.1 Å². The number of phenols is 1. The molecule has 2 aromatic rings. The summed E-state index contributed by atoms with van der Waals surface area (Å²) in [6.45, 7) is 1.80. The maximum atomic E-state index is 9.94. The van der Waals surface area contributed by atoms with E-state index in [1.165, 1.54) is 0 Å². The van der Waals surface area contributed by atoms with Gasteiger partial charge in [0.15, 0.2) is 12.5 Å². The summed E-state index contributed by atoms with van der Waals surface area (Å²) in [7, 11) is 0. The number of aromatic hydroxyl groups is 1. The Hall–Kier alpha value is -1.00. The van der Waals surface area contributed by atoms with Crippen molar-refractivity contribution in [2.24, 2.45) is 0 Å². The highest BCUT2D eigenvalue weighted by molar-refractivity contribution is 6.37. The van der Waals surface area contributed by atoms with Crippen molar-refractivity contribution in [1.82, 2.24) is 0 Å². The molecule has 0 atom stereocenters. The van der Waals surface area contributed by atoms with Gasteiger partial charge in [0.2, 0.25) is 0 Å². The Kier molecular flexibility index (Phi) is 5.33.